The van der Waals surface area contributed by atoms with Gasteiger partial charge in [-0.1, -0.05) is 0 Å². The number of methoxy groups -OCH3 is 1. The zero-order valence-corrected chi connectivity index (χ0v) is 9.02. The molecule has 1 aliphatic heterocycles. The first-order valence-corrected chi connectivity index (χ1v) is 5.08. The number of fused-ring (bicyclic) bond motifs is 1. The van der Waals surface area contributed by atoms with Gasteiger partial charge in [0.05, 0.1) is 18.5 Å². The lowest BCUT2D eigenvalue weighted by atomic mass is 10.1. The Bertz CT molecular complexity index is 310. The van der Waals surface area contributed by atoms with Crippen LogP contribution in [0.1, 0.15) is 12.1 Å². The van der Waals surface area contributed by atoms with Crippen LogP contribution in [0.3, 0.4) is 0 Å². The van der Waals surface area contributed by atoms with Crippen molar-refractivity contribution in [2.75, 3.05) is 19.0 Å². The van der Waals surface area contributed by atoms with Crippen LogP contribution in [0.15, 0.2) is 10.7 Å². The van der Waals surface area contributed by atoms with Gasteiger partial charge in [-0.3, -0.25) is 0 Å². The highest BCUT2D eigenvalue weighted by molar-refractivity contribution is 9.10. The molecular weight excluding hydrogens is 232 g/mol. The number of nitrogens with zero attached hydrogens (tertiary/aromatic N) is 1. The van der Waals surface area contributed by atoms with Crippen molar-refractivity contribution in [1.82, 2.24) is 4.98 Å². The van der Waals surface area contributed by atoms with Crippen molar-refractivity contribution in [3.05, 3.63) is 16.4 Å². The Hall–Kier alpha value is -0.770. The molecule has 3 nitrogen and oxygen atoms in total. The number of hydrogen-bond acceptors (Lipinski definition) is 3. The first-order chi connectivity index (χ1) is 6.31. The van der Waals surface area contributed by atoms with Crippen molar-refractivity contribution >= 4 is 21.6 Å². The van der Waals surface area contributed by atoms with E-state index in [1.165, 1.54) is 0 Å². The summed E-state index contributed by atoms with van der Waals surface area (Å²) in [5, 5.41) is 3.30. The van der Waals surface area contributed by atoms with Gasteiger partial charge in [-0.15, -0.1) is 0 Å². The summed E-state index contributed by atoms with van der Waals surface area (Å²) < 4.78 is 6.10. The van der Waals surface area contributed by atoms with Gasteiger partial charge in [-0.05, 0) is 28.8 Å². The fourth-order valence-electron chi connectivity index (χ4n) is 1.54. The lowest BCUT2D eigenvalue weighted by Gasteiger charge is -2.19. The summed E-state index contributed by atoms with van der Waals surface area (Å²) in [6.07, 6.45) is 2.16. The van der Waals surface area contributed by atoms with Crippen LogP contribution in [0.2, 0.25) is 0 Å². The zero-order chi connectivity index (χ0) is 9.26. The van der Waals surface area contributed by atoms with Crippen molar-refractivity contribution in [1.29, 1.82) is 0 Å². The number of halogens is 1. The van der Waals surface area contributed by atoms with Crippen LogP contribution in [-0.2, 0) is 6.42 Å². The van der Waals surface area contributed by atoms with E-state index in [4.69, 9.17) is 4.74 Å². The molecule has 2 rings (SSSR count). The third-order valence-electron chi connectivity index (χ3n) is 2.14. The molecule has 2 heterocycles. The maximum Gasteiger partial charge on any atom is 0.146 e. The van der Waals surface area contributed by atoms with Gasteiger partial charge in [0, 0.05) is 12.6 Å². The number of rotatable bonds is 1. The first kappa shape index (κ1) is 8.81. The van der Waals surface area contributed by atoms with E-state index in [0.717, 1.165) is 41.1 Å². The zero-order valence-electron chi connectivity index (χ0n) is 7.43. The van der Waals surface area contributed by atoms with Crippen LogP contribution in [0, 0.1) is 0 Å². The molecule has 0 aliphatic carbocycles. The number of aromatic nitrogens is 1. The summed E-state index contributed by atoms with van der Waals surface area (Å²) in [4.78, 5) is 4.40. The Balaban J connectivity index is 2.50. The highest BCUT2D eigenvalue weighted by Crippen LogP contribution is 2.32. The largest absolute Gasteiger partial charge is 0.494 e. The molecule has 4 heteroatoms. The third-order valence-corrected chi connectivity index (χ3v) is 2.55. The van der Waals surface area contributed by atoms with Crippen molar-refractivity contribution in [2.45, 2.75) is 12.8 Å². The number of nitrogens with one attached hydrogen (secondary N) is 1. The number of aryl methyl sites for hydroxylation is 1. The minimum Gasteiger partial charge on any atom is -0.494 e. The lowest BCUT2D eigenvalue weighted by molar-refractivity contribution is 0.414. The molecule has 0 fully saturated rings. The number of pyridine rings is 1. The summed E-state index contributed by atoms with van der Waals surface area (Å²) in [5.74, 6) is 0.872. The summed E-state index contributed by atoms with van der Waals surface area (Å²) in [6.45, 7) is 1.01. The average molecular weight is 243 g/mol. The van der Waals surface area contributed by atoms with Gasteiger partial charge < -0.3 is 10.1 Å². The van der Waals surface area contributed by atoms with Crippen LogP contribution < -0.4 is 10.1 Å². The summed E-state index contributed by atoms with van der Waals surface area (Å²) in [6, 6.07) is 1.89. The van der Waals surface area contributed by atoms with Gasteiger partial charge in [-0.2, -0.15) is 0 Å². The van der Waals surface area contributed by atoms with E-state index in [-0.39, 0.29) is 0 Å². The summed E-state index contributed by atoms with van der Waals surface area (Å²) in [5.41, 5.74) is 2.15. The Morgan fingerprint density at radius 1 is 1.62 bits per heavy atom. The van der Waals surface area contributed by atoms with Crippen molar-refractivity contribution in [3.8, 4) is 5.75 Å². The van der Waals surface area contributed by atoms with Crippen LogP contribution in [0.5, 0.6) is 5.75 Å². The smallest absolute Gasteiger partial charge is 0.146 e. The quantitative estimate of drug-likeness (QED) is 0.768. The fourth-order valence-corrected chi connectivity index (χ4v) is 1.96. The molecule has 1 N–H and O–H groups in total. The number of hydrogen-bond donors (Lipinski definition) is 1. The molecule has 0 bridgehead atoms. The van der Waals surface area contributed by atoms with E-state index in [1.54, 1.807) is 7.11 Å². The molecule has 1 aliphatic rings. The second-order valence-electron chi connectivity index (χ2n) is 3.00. The van der Waals surface area contributed by atoms with Crippen LogP contribution >= 0.6 is 15.9 Å². The molecule has 0 saturated carbocycles. The van der Waals surface area contributed by atoms with E-state index in [0.29, 0.717) is 0 Å². The molecule has 0 aromatic carbocycles. The van der Waals surface area contributed by atoms with Crippen molar-refractivity contribution in [3.63, 3.8) is 0 Å². The Morgan fingerprint density at radius 2 is 2.46 bits per heavy atom. The standard InChI is InChI=1S/C9H11BrN2O/c1-13-7-5-8(10)12-6-3-2-4-11-9(6)7/h5,11H,2-4H2,1H3. The Kier molecular flexibility index (Phi) is 2.40. The van der Waals surface area contributed by atoms with Gasteiger partial charge >= 0.3 is 0 Å². The van der Waals surface area contributed by atoms with E-state index < -0.39 is 0 Å². The van der Waals surface area contributed by atoms with E-state index >= 15 is 0 Å². The van der Waals surface area contributed by atoms with Crippen molar-refractivity contribution in [2.24, 2.45) is 0 Å². The molecule has 70 valence electrons. The highest BCUT2D eigenvalue weighted by atomic mass is 79.9. The molecule has 0 atom stereocenters. The molecule has 13 heavy (non-hydrogen) atoms. The van der Waals surface area contributed by atoms with Gasteiger partial charge in [0.25, 0.3) is 0 Å². The van der Waals surface area contributed by atoms with E-state index in [1.807, 2.05) is 6.07 Å². The number of ether oxygens (including phenoxy) is 1. The third kappa shape index (κ3) is 1.63. The molecule has 0 amide bonds. The maximum atomic E-state index is 5.26. The van der Waals surface area contributed by atoms with Gasteiger partial charge in [0.15, 0.2) is 0 Å². The maximum absolute atomic E-state index is 5.26. The van der Waals surface area contributed by atoms with E-state index in [2.05, 4.69) is 26.2 Å². The van der Waals surface area contributed by atoms with Crippen molar-refractivity contribution < 1.29 is 4.74 Å². The van der Waals surface area contributed by atoms with Crippen LogP contribution in [0.4, 0.5) is 5.69 Å². The highest BCUT2D eigenvalue weighted by Gasteiger charge is 2.15. The topological polar surface area (TPSA) is 34.1 Å². The van der Waals surface area contributed by atoms with Gasteiger partial charge in [0.2, 0.25) is 0 Å². The predicted octanol–water partition coefficient (Wildman–Crippen LogP) is 2.21. The second kappa shape index (κ2) is 3.54. The van der Waals surface area contributed by atoms with Crippen LogP contribution in [-0.4, -0.2) is 18.6 Å². The molecule has 0 radical (unpaired) electrons. The monoisotopic (exact) mass is 242 g/mol. The summed E-state index contributed by atoms with van der Waals surface area (Å²) >= 11 is 3.36. The Morgan fingerprint density at radius 3 is 3.23 bits per heavy atom. The minimum atomic E-state index is 0.840. The van der Waals surface area contributed by atoms with Gasteiger partial charge in [-0.25, -0.2) is 4.98 Å². The lowest BCUT2D eigenvalue weighted by Crippen LogP contribution is -2.14. The molecule has 1 aromatic heterocycles. The second-order valence-corrected chi connectivity index (χ2v) is 3.81. The molecule has 0 unspecified atom stereocenters. The van der Waals surface area contributed by atoms with E-state index in [9.17, 15) is 0 Å². The summed E-state index contributed by atoms with van der Waals surface area (Å²) in [7, 11) is 1.68. The minimum absolute atomic E-state index is 0.840. The normalized spacial score (nSPS) is 14.6. The average Bonchev–Trinajstić information content (AvgIpc) is 2.16. The number of anilines is 1. The molecule has 0 saturated heterocycles. The fraction of sp³-hybridized carbons (Fsp3) is 0.444. The molecule has 0 spiro atoms. The molecular formula is C9H11BrN2O. The van der Waals surface area contributed by atoms with Crippen LogP contribution in [0.25, 0.3) is 0 Å². The SMILES string of the molecule is COc1cc(Br)nc2c1NCCC2. The Labute approximate surface area is 85.6 Å². The van der Waals surface area contributed by atoms with Gasteiger partial charge in [0.1, 0.15) is 10.4 Å². The first-order valence-electron chi connectivity index (χ1n) is 4.28. The molecule has 1 aromatic rings. The predicted molar refractivity (Wildman–Crippen MR) is 55.3 cm³/mol.